The molecule has 0 saturated heterocycles. The minimum Gasteiger partial charge on any atom is -0.0654 e. The zero-order valence-electron chi connectivity index (χ0n) is 10.4. The van der Waals surface area contributed by atoms with Gasteiger partial charge in [0.25, 0.3) is 0 Å². The van der Waals surface area contributed by atoms with E-state index in [0.29, 0.717) is 0 Å². The summed E-state index contributed by atoms with van der Waals surface area (Å²) in [6.45, 7) is 4.56. The van der Waals surface area contributed by atoms with Gasteiger partial charge in [0.1, 0.15) is 0 Å². The first-order valence-electron chi connectivity index (χ1n) is 6.28. The van der Waals surface area contributed by atoms with Gasteiger partial charge in [-0.2, -0.15) is 0 Å². The fourth-order valence-corrected chi connectivity index (χ4v) is 2.25. The third-order valence-electron chi connectivity index (χ3n) is 2.88. The van der Waals surface area contributed by atoms with Crippen LogP contribution >= 0.6 is 22.6 Å². The molecule has 1 heteroatoms. The van der Waals surface area contributed by atoms with E-state index in [4.69, 9.17) is 0 Å². The maximum Gasteiger partial charge on any atom is 0.0130 e. The van der Waals surface area contributed by atoms with E-state index in [1.165, 1.54) is 41.2 Å². The Bertz CT molecular complexity index is 276. The van der Waals surface area contributed by atoms with Gasteiger partial charge in [0.2, 0.25) is 0 Å². The summed E-state index contributed by atoms with van der Waals surface area (Å²) in [6.07, 6.45) is 7.92. The highest BCUT2D eigenvalue weighted by atomic mass is 127. The van der Waals surface area contributed by atoms with Crippen LogP contribution < -0.4 is 0 Å². The Hall–Kier alpha value is -0.0500. The average Bonchev–Trinajstić information content (AvgIpc) is 2.28. The van der Waals surface area contributed by atoms with Gasteiger partial charge in [-0.05, 0) is 59.0 Å². The van der Waals surface area contributed by atoms with Gasteiger partial charge in [-0.15, -0.1) is 0 Å². The Morgan fingerprint density at radius 3 is 2.38 bits per heavy atom. The summed E-state index contributed by atoms with van der Waals surface area (Å²) in [5.41, 5.74) is 1.45. The maximum absolute atomic E-state index is 2.36. The van der Waals surface area contributed by atoms with Gasteiger partial charge in [-0.3, -0.25) is 0 Å². The highest BCUT2D eigenvalue weighted by molar-refractivity contribution is 14.1. The summed E-state index contributed by atoms with van der Waals surface area (Å²) in [7, 11) is 0. The van der Waals surface area contributed by atoms with Crippen molar-refractivity contribution in [2.24, 2.45) is 0 Å². The van der Waals surface area contributed by atoms with Crippen molar-refractivity contribution in [1.82, 2.24) is 0 Å². The molecular formula is C15H22I. The first kappa shape index (κ1) is 14.0. The van der Waals surface area contributed by atoms with Gasteiger partial charge in [-0.25, -0.2) is 0 Å². The van der Waals surface area contributed by atoms with E-state index in [9.17, 15) is 0 Å². The summed E-state index contributed by atoms with van der Waals surface area (Å²) in [5.74, 6) is 1.62. The van der Waals surface area contributed by atoms with Crippen molar-refractivity contribution in [1.29, 1.82) is 0 Å². The minimum absolute atomic E-state index is 1.16. The van der Waals surface area contributed by atoms with Crippen molar-refractivity contribution >= 4 is 22.6 Å². The van der Waals surface area contributed by atoms with E-state index in [-0.39, 0.29) is 0 Å². The van der Waals surface area contributed by atoms with Crippen LogP contribution in [-0.4, -0.2) is 0 Å². The second kappa shape index (κ2) is 8.10. The number of unbranched alkanes of at least 4 members (excludes halogenated alkanes) is 3. The van der Waals surface area contributed by atoms with Crippen molar-refractivity contribution in [2.45, 2.75) is 52.4 Å². The fourth-order valence-electron chi connectivity index (χ4n) is 1.89. The topological polar surface area (TPSA) is 0 Å². The van der Waals surface area contributed by atoms with Crippen LogP contribution in [0.1, 0.15) is 51.5 Å². The van der Waals surface area contributed by atoms with E-state index >= 15 is 0 Å². The van der Waals surface area contributed by atoms with E-state index in [1.54, 1.807) is 5.92 Å². The Morgan fingerprint density at radius 1 is 1.06 bits per heavy atom. The third kappa shape index (κ3) is 5.88. The molecule has 0 N–H and O–H groups in total. The van der Waals surface area contributed by atoms with Crippen LogP contribution in [0.4, 0.5) is 0 Å². The quantitative estimate of drug-likeness (QED) is 0.464. The average molecular weight is 329 g/mol. The van der Waals surface area contributed by atoms with Gasteiger partial charge in [0, 0.05) is 3.57 Å². The molecule has 1 rings (SSSR count). The van der Waals surface area contributed by atoms with Crippen LogP contribution in [0.15, 0.2) is 24.3 Å². The molecule has 0 saturated carbocycles. The predicted octanol–water partition coefficient (Wildman–Crippen LogP) is 5.40. The largest absolute Gasteiger partial charge is 0.0654 e. The molecule has 0 aliphatic carbocycles. The first-order chi connectivity index (χ1) is 7.72. The molecule has 0 aliphatic rings. The normalized spacial score (nSPS) is 11.0. The molecule has 0 atom stereocenters. The molecule has 0 bridgehead atoms. The highest BCUT2D eigenvalue weighted by Crippen LogP contribution is 2.18. The zero-order valence-corrected chi connectivity index (χ0v) is 12.6. The lowest BCUT2D eigenvalue weighted by molar-refractivity contribution is 0.628. The molecule has 1 radical (unpaired) electrons. The molecule has 0 aromatic heterocycles. The zero-order chi connectivity index (χ0) is 11.8. The minimum atomic E-state index is 1.16. The second-order valence-electron chi connectivity index (χ2n) is 4.57. The van der Waals surface area contributed by atoms with E-state index in [1.807, 2.05) is 0 Å². The monoisotopic (exact) mass is 329 g/mol. The predicted molar refractivity (Wildman–Crippen MR) is 80.5 cm³/mol. The lowest BCUT2D eigenvalue weighted by Gasteiger charge is -2.10. The molecule has 0 amide bonds. The summed E-state index contributed by atoms with van der Waals surface area (Å²) in [5, 5.41) is 0. The Balaban J connectivity index is 2.23. The van der Waals surface area contributed by atoms with Crippen LogP contribution in [0, 0.1) is 9.49 Å². The Morgan fingerprint density at radius 2 is 1.75 bits per heavy atom. The van der Waals surface area contributed by atoms with Crippen molar-refractivity contribution < 1.29 is 0 Å². The number of hydrogen-bond acceptors (Lipinski definition) is 0. The van der Waals surface area contributed by atoms with Crippen molar-refractivity contribution in [3.63, 3.8) is 0 Å². The number of halogens is 1. The second-order valence-corrected chi connectivity index (χ2v) is 5.82. The standard InChI is InChI=1S/C15H22I/c1-3-4-5-6-7-13(2)12-14-8-10-15(16)11-9-14/h8-11H,3-7,12H2,1-2H3. The van der Waals surface area contributed by atoms with Crippen LogP contribution in [0.2, 0.25) is 0 Å². The summed E-state index contributed by atoms with van der Waals surface area (Å²) in [6, 6.07) is 8.88. The maximum atomic E-state index is 2.36. The van der Waals surface area contributed by atoms with Gasteiger partial charge in [0.05, 0.1) is 0 Å². The van der Waals surface area contributed by atoms with Crippen LogP contribution in [0.25, 0.3) is 0 Å². The lowest BCUT2D eigenvalue weighted by Crippen LogP contribution is -1.97. The van der Waals surface area contributed by atoms with Gasteiger partial charge in [-0.1, -0.05) is 51.7 Å². The molecular weight excluding hydrogens is 307 g/mol. The van der Waals surface area contributed by atoms with E-state index in [2.05, 4.69) is 60.7 Å². The van der Waals surface area contributed by atoms with E-state index in [0.717, 1.165) is 6.42 Å². The van der Waals surface area contributed by atoms with Gasteiger partial charge >= 0.3 is 0 Å². The van der Waals surface area contributed by atoms with E-state index < -0.39 is 0 Å². The molecule has 16 heavy (non-hydrogen) atoms. The van der Waals surface area contributed by atoms with Crippen LogP contribution in [0.3, 0.4) is 0 Å². The fraction of sp³-hybridized carbons (Fsp3) is 0.533. The Labute approximate surface area is 114 Å². The molecule has 1 aromatic carbocycles. The molecule has 0 spiro atoms. The number of hydrogen-bond donors (Lipinski definition) is 0. The molecule has 0 unspecified atom stereocenters. The molecule has 1 aromatic rings. The summed E-state index contributed by atoms with van der Waals surface area (Å²) >= 11 is 2.36. The highest BCUT2D eigenvalue weighted by Gasteiger charge is 2.03. The van der Waals surface area contributed by atoms with Crippen molar-refractivity contribution in [3.8, 4) is 0 Å². The molecule has 0 heterocycles. The van der Waals surface area contributed by atoms with Crippen LogP contribution in [0.5, 0.6) is 0 Å². The molecule has 0 nitrogen and oxygen atoms in total. The van der Waals surface area contributed by atoms with Crippen LogP contribution in [-0.2, 0) is 6.42 Å². The summed E-state index contributed by atoms with van der Waals surface area (Å²) in [4.78, 5) is 0. The number of rotatable bonds is 7. The Kier molecular flexibility index (Phi) is 7.10. The first-order valence-corrected chi connectivity index (χ1v) is 7.36. The van der Waals surface area contributed by atoms with Gasteiger partial charge < -0.3 is 0 Å². The third-order valence-corrected chi connectivity index (χ3v) is 3.60. The lowest BCUT2D eigenvalue weighted by atomic mass is 9.95. The van der Waals surface area contributed by atoms with Crippen molar-refractivity contribution in [2.75, 3.05) is 0 Å². The summed E-state index contributed by atoms with van der Waals surface area (Å²) < 4.78 is 1.32. The van der Waals surface area contributed by atoms with Gasteiger partial charge in [0.15, 0.2) is 0 Å². The SMILES string of the molecule is CCCCCC[C](C)Cc1ccc(I)cc1. The van der Waals surface area contributed by atoms with Crippen molar-refractivity contribution in [3.05, 3.63) is 39.3 Å². The smallest absolute Gasteiger partial charge is 0.0130 e. The molecule has 0 fully saturated rings. The molecule has 0 aliphatic heterocycles. The molecule has 89 valence electrons. The number of benzene rings is 1.